The van der Waals surface area contributed by atoms with Crippen LogP contribution in [0.15, 0.2) is 4.99 Å². The molecule has 0 bridgehead atoms. The van der Waals surface area contributed by atoms with Gasteiger partial charge >= 0.3 is 0 Å². The predicted molar refractivity (Wildman–Crippen MR) is 80.6 cm³/mol. The number of aliphatic hydroxyl groups excluding tert-OH is 1. The highest BCUT2D eigenvalue weighted by Crippen LogP contribution is 2.48. The van der Waals surface area contributed by atoms with E-state index < -0.39 is 0 Å². The number of guanidine groups is 1. The lowest BCUT2D eigenvalue weighted by atomic mass is 9.76. The number of hydrogen-bond acceptors (Lipinski definition) is 3. The zero-order chi connectivity index (χ0) is 14.6. The molecular formula is C15H29N3O2. The Balaban J connectivity index is 1.86. The van der Waals surface area contributed by atoms with Crippen LogP contribution in [0, 0.1) is 11.3 Å². The molecule has 0 amide bonds. The fourth-order valence-corrected chi connectivity index (χ4v) is 3.41. The van der Waals surface area contributed by atoms with Crippen LogP contribution in [-0.4, -0.2) is 43.0 Å². The molecule has 1 heterocycles. The average Bonchev–Trinajstić information content (AvgIpc) is 2.75. The average molecular weight is 283 g/mol. The van der Waals surface area contributed by atoms with E-state index in [4.69, 9.17) is 10.5 Å². The van der Waals surface area contributed by atoms with Crippen molar-refractivity contribution in [2.24, 2.45) is 22.1 Å². The summed E-state index contributed by atoms with van der Waals surface area (Å²) in [7, 11) is 0. The van der Waals surface area contributed by atoms with Gasteiger partial charge in [-0.1, -0.05) is 6.92 Å². The summed E-state index contributed by atoms with van der Waals surface area (Å²) in [6.07, 6.45) is 4.86. The van der Waals surface area contributed by atoms with E-state index in [1.165, 1.54) is 0 Å². The monoisotopic (exact) mass is 283 g/mol. The normalized spacial score (nSPS) is 31.4. The van der Waals surface area contributed by atoms with Crippen LogP contribution in [0.2, 0.25) is 0 Å². The van der Waals surface area contributed by atoms with Gasteiger partial charge in [-0.2, -0.15) is 0 Å². The van der Waals surface area contributed by atoms with Crippen molar-refractivity contribution in [2.45, 2.75) is 58.1 Å². The Labute approximate surface area is 122 Å². The molecule has 0 radical (unpaired) electrons. The van der Waals surface area contributed by atoms with E-state index in [2.05, 4.69) is 24.2 Å². The summed E-state index contributed by atoms with van der Waals surface area (Å²) >= 11 is 0. The van der Waals surface area contributed by atoms with Crippen molar-refractivity contribution >= 4 is 5.96 Å². The van der Waals surface area contributed by atoms with Crippen LogP contribution >= 0.6 is 0 Å². The van der Waals surface area contributed by atoms with Gasteiger partial charge in [0.1, 0.15) is 0 Å². The molecule has 2 aliphatic rings. The van der Waals surface area contributed by atoms with Crippen molar-refractivity contribution in [2.75, 3.05) is 19.8 Å². The number of aliphatic imine (C=N–C) groups is 1. The lowest BCUT2D eigenvalue weighted by Gasteiger charge is -2.37. The van der Waals surface area contributed by atoms with Gasteiger partial charge < -0.3 is 20.9 Å². The number of nitrogens with one attached hydrogen (secondary N) is 1. The lowest BCUT2D eigenvalue weighted by Crippen LogP contribution is -2.40. The van der Waals surface area contributed by atoms with Gasteiger partial charge in [-0.05, 0) is 39.0 Å². The summed E-state index contributed by atoms with van der Waals surface area (Å²) in [5.74, 6) is 0.741. The summed E-state index contributed by atoms with van der Waals surface area (Å²) in [5.41, 5.74) is 5.96. The molecule has 5 nitrogen and oxygen atoms in total. The van der Waals surface area contributed by atoms with Crippen molar-refractivity contribution < 1.29 is 9.84 Å². The highest BCUT2D eigenvalue weighted by Gasteiger charge is 2.47. The molecular weight excluding hydrogens is 254 g/mol. The van der Waals surface area contributed by atoms with E-state index in [0.717, 1.165) is 45.3 Å². The second kappa shape index (κ2) is 6.76. The lowest BCUT2D eigenvalue weighted by molar-refractivity contribution is -0.0548. The number of rotatable bonds is 4. The maximum absolute atomic E-state index is 10.6. The molecule has 3 unspecified atom stereocenters. The molecule has 0 aromatic heterocycles. The second-order valence-corrected chi connectivity index (χ2v) is 6.40. The number of nitrogens with two attached hydrogens (primary N) is 1. The first-order chi connectivity index (χ1) is 9.57. The van der Waals surface area contributed by atoms with Crippen LogP contribution in [-0.2, 0) is 4.74 Å². The molecule has 2 rings (SSSR count). The summed E-state index contributed by atoms with van der Waals surface area (Å²) in [5, 5.41) is 13.8. The zero-order valence-corrected chi connectivity index (χ0v) is 12.8. The molecule has 5 heteroatoms. The topological polar surface area (TPSA) is 79.9 Å². The Kier molecular flexibility index (Phi) is 5.27. The molecule has 2 fully saturated rings. The van der Waals surface area contributed by atoms with Gasteiger partial charge in [0.25, 0.3) is 0 Å². The van der Waals surface area contributed by atoms with E-state index in [9.17, 15) is 5.11 Å². The predicted octanol–water partition coefficient (Wildman–Crippen LogP) is 1.26. The first-order valence-electron chi connectivity index (χ1n) is 7.89. The minimum absolute atomic E-state index is 0.0807. The molecule has 1 saturated heterocycles. The largest absolute Gasteiger partial charge is 0.392 e. The summed E-state index contributed by atoms with van der Waals surface area (Å²) < 4.78 is 5.43. The van der Waals surface area contributed by atoms with Gasteiger partial charge in [0.15, 0.2) is 5.96 Å². The van der Waals surface area contributed by atoms with E-state index in [-0.39, 0.29) is 17.4 Å². The summed E-state index contributed by atoms with van der Waals surface area (Å²) in [6.45, 7) is 6.39. The number of ether oxygens (including phenoxy) is 1. The third kappa shape index (κ3) is 3.44. The van der Waals surface area contributed by atoms with Gasteiger partial charge in [0, 0.05) is 37.1 Å². The van der Waals surface area contributed by atoms with Crippen molar-refractivity contribution in [3.8, 4) is 0 Å². The minimum Gasteiger partial charge on any atom is -0.392 e. The molecule has 1 spiro atoms. The summed E-state index contributed by atoms with van der Waals surface area (Å²) in [4.78, 5) is 4.41. The van der Waals surface area contributed by atoms with Gasteiger partial charge in [-0.3, -0.25) is 4.99 Å². The quantitative estimate of drug-likeness (QED) is 0.536. The maximum atomic E-state index is 10.6. The number of nitrogens with zero attached hydrogens (tertiary/aromatic N) is 1. The van der Waals surface area contributed by atoms with Crippen molar-refractivity contribution in [1.29, 1.82) is 0 Å². The van der Waals surface area contributed by atoms with Crippen LogP contribution in [0.25, 0.3) is 0 Å². The van der Waals surface area contributed by atoms with Crippen LogP contribution in [0.3, 0.4) is 0 Å². The van der Waals surface area contributed by atoms with Crippen LogP contribution in [0.5, 0.6) is 0 Å². The molecule has 20 heavy (non-hydrogen) atoms. The Morgan fingerprint density at radius 3 is 2.80 bits per heavy atom. The Morgan fingerprint density at radius 1 is 1.45 bits per heavy atom. The second-order valence-electron chi connectivity index (χ2n) is 6.40. The van der Waals surface area contributed by atoms with Crippen LogP contribution < -0.4 is 11.1 Å². The first kappa shape index (κ1) is 15.6. The number of hydrogen-bond donors (Lipinski definition) is 3. The first-order valence-corrected chi connectivity index (χ1v) is 7.89. The molecule has 0 aromatic carbocycles. The Bertz CT molecular complexity index is 340. The van der Waals surface area contributed by atoms with E-state index in [1.54, 1.807) is 0 Å². The molecule has 1 aliphatic carbocycles. The minimum atomic E-state index is -0.258. The smallest absolute Gasteiger partial charge is 0.188 e. The molecule has 0 aromatic rings. The molecule has 1 saturated carbocycles. The fourth-order valence-electron chi connectivity index (χ4n) is 3.41. The summed E-state index contributed by atoms with van der Waals surface area (Å²) in [6, 6.07) is 0.342. The molecule has 116 valence electrons. The van der Waals surface area contributed by atoms with Crippen molar-refractivity contribution in [3.63, 3.8) is 0 Å². The maximum Gasteiger partial charge on any atom is 0.188 e. The SMILES string of the molecule is CCC(C)NC(N)=NCC1CCC2(CCOCC2)C1O. The number of aliphatic hydroxyl groups is 1. The highest BCUT2D eigenvalue weighted by molar-refractivity contribution is 5.78. The fraction of sp³-hybridized carbons (Fsp3) is 0.933. The van der Waals surface area contributed by atoms with E-state index in [1.807, 2.05) is 0 Å². The Hall–Kier alpha value is -0.810. The third-order valence-corrected chi connectivity index (χ3v) is 5.08. The van der Waals surface area contributed by atoms with Gasteiger partial charge in [-0.15, -0.1) is 0 Å². The van der Waals surface area contributed by atoms with Crippen LogP contribution in [0.4, 0.5) is 0 Å². The zero-order valence-electron chi connectivity index (χ0n) is 12.8. The van der Waals surface area contributed by atoms with Crippen molar-refractivity contribution in [3.05, 3.63) is 0 Å². The van der Waals surface area contributed by atoms with Gasteiger partial charge in [0.05, 0.1) is 6.10 Å². The van der Waals surface area contributed by atoms with Crippen LogP contribution in [0.1, 0.15) is 46.0 Å². The standard InChI is InChI=1S/C15H29N3O2/c1-3-11(2)18-14(16)17-10-12-4-5-15(13(12)19)6-8-20-9-7-15/h11-13,19H,3-10H2,1-2H3,(H3,16,17,18). The third-order valence-electron chi connectivity index (χ3n) is 5.08. The molecule has 3 atom stereocenters. The van der Waals surface area contributed by atoms with Gasteiger partial charge in [-0.25, -0.2) is 0 Å². The van der Waals surface area contributed by atoms with Crippen molar-refractivity contribution in [1.82, 2.24) is 5.32 Å². The highest BCUT2D eigenvalue weighted by atomic mass is 16.5. The molecule has 1 aliphatic heterocycles. The van der Waals surface area contributed by atoms with E-state index in [0.29, 0.717) is 18.5 Å². The molecule has 4 N–H and O–H groups in total. The van der Waals surface area contributed by atoms with E-state index >= 15 is 0 Å². The Morgan fingerprint density at radius 2 is 2.15 bits per heavy atom. The van der Waals surface area contributed by atoms with Gasteiger partial charge in [0.2, 0.25) is 0 Å².